The van der Waals surface area contributed by atoms with Crippen molar-refractivity contribution in [1.82, 2.24) is 4.98 Å². The van der Waals surface area contributed by atoms with Gasteiger partial charge in [-0.25, -0.2) is 0 Å². The predicted molar refractivity (Wildman–Crippen MR) is 102 cm³/mol. The van der Waals surface area contributed by atoms with Crippen LogP contribution in [0, 0.1) is 6.07 Å². The van der Waals surface area contributed by atoms with E-state index in [0.29, 0.717) is 0 Å². The maximum absolute atomic E-state index is 6.06. The van der Waals surface area contributed by atoms with Crippen LogP contribution in [-0.4, -0.2) is 4.98 Å². The van der Waals surface area contributed by atoms with Crippen molar-refractivity contribution >= 4 is 0 Å². The van der Waals surface area contributed by atoms with Gasteiger partial charge in [0, 0.05) is 18.0 Å². The third-order valence-electron chi connectivity index (χ3n) is 3.83. The lowest BCUT2D eigenvalue weighted by Crippen LogP contribution is -1.90. The smallest absolute Gasteiger partial charge is 0.138 e. The van der Waals surface area contributed by atoms with Gasteiger partial charge in [-0.3, -0.25) is 4.98 Å². The average molecular weight is 338 g/mol. The first-order valence-corrected chi connectivity index (χ1v) is 8.30. The summed E-state index contributed by atoms with van der Waals surface area (Å²) in [6.45, 7) is 0. The van der Waals surface area contributed by atoms with Crippen LogP contribution in [-0.2, 0) is 0 Å². The number of para-hydroxylation sites is 1. The maximum atomic E-state index is 6.06. The Morgan fingerprint density at radius 1 is 0.692 bits per heavy atom. The summed E-state index contributed by atoms with van der Waals surface area (Å²) in [5.74, 6) is 3.04. The summed E-state index contributed by atoms with van der Waals surface area (Å²) < 4.78 is 11.9. The van der Waals surface area contributed by atoms with Gasteiger partial charge in [-0.1, -0.05) is 36.4 Å². The monoisotopic (exact) mass is 338 g/mol. The summed E-state index contributed by atoms with van der Waals surface area (Å²) in [4.78, 5) is 4.21. The molecule has 0 amide bonds. The summed E-state index contributed by atoms with van der Waals surface area (Å²) >= 11 is 0. The molecule has 0 saturated carbocycles. The van der Waals surface area contributed by atoms with Crippen LogP contribution in [0.25, 0.3) is 11.1 Å². The molecule has 0 aliphatic rings. The van der Waals surface area contributed by atoms with Crippen molar-refractivity contribution in [2.45, 2.75) is 0 Å². The Kier molecular flexibility index (Phi) is 4.61. The fourth-order valence-corrected chi connectivity index (χ4v) is 2.58. The van der Waals surface area contributed by atoms with Gasteiger partial charge in [0.05, 0.1) is 0 Å². The first-order valence-electron chi connectivity index (χ1n) is 8.30. The molecule has 0 bridgehead atoms. The molecule has 0 saturated heterocycles. The van der Waals surface area contributed by atoms with Crippen molar-refractivity contribution in [2.24, 2.45) is 0 Å². The highest BCUT2D eigenvalue weighted by molar-refractivity contribution is 5.69. The summed E-state index contributed by atoms with van der Waals surface area (Å²) in [6.07, 6.45) is 3.52. The van der Waals surface area contributed by atoms with E-state index in [1.165, 1.54) is 0 Å². The fraction of sp³-hybridized carbons (Fsp3) is 0. The Morgan fingerprint density at radius 3 is 2.15 bits per heavy atom. The highest BCUT2D eigenvalue weighted by Crippen LogP contribution is 2.33. The first kappa shape index (κ1) is 15.9. The van der Waals surface area contributed by atoms with Gasteiger partial charge in [-0.05, 0) is 60.2 Å². The van der Waals surface area contributed by atoms with E-state index in [0.717, 1.165) is 34.1 Å². The molecule has 0 aliphatic heterocycles. The molecule has 0 unspecified atom stereocenters. The molecule has 1 heterocycles. The van der Waals surface area contributed by atoms with Crippen molar-refractivity contribution in [3.05, 3.63) is 103 Å². The minimum absolute atomic E-state index is 0.734. The number of pyridine rings is 1. The van der Waals surface area contributed by atoms with Crippen LogP contribution in [0.2, 0.25) is 0 Å². The molecule has 1 aromatic heterocycles. The van der Waals surface area contributed by atoms with Crippen LogP contribution in [0.15, 0.2) is 97.3 Å². The van der Waals surface area contributed by atoms with Gasteiger partial charge >= 0.3 is 0 Å². The van der Waals surface area contributed by atoms with Crippen LogP contribution in [0.4, 0.5) is 0 Å². The van der Waals surface area contributed by atoms with E-state index in [9.17, 15) is 0 Å². The van der Waals surface area contributed by atoms with E-state index in [2.05, 4.69) is 11.1 Å². The number of rotatable bonds is 5. The molecule has 3 aromatic carbocycles. The van der Waals surface area contributed by atoms with Crippen molar-refractivity contribution in [2.75, 3.05) is 0 Å². The number of aromatic nitrogens is 1. The minimum atomic E-state index is 0.734. The van der Waals surface area contributed by atoms with E-state index < -0.39 is 0 Å². The molecule has 0 fully saturated rings. The number of hydrogen-bond acceptors (Lipinski definition) is 3. The second-order valence-electron chi connectivity index (χ2n) is 5.65. The molecule has 3 nitrogen and oxygen atoms in total. The fourth-order valence-electron chi connectivity index (χ4n) is 2.58. The SMILES string of the molecule is [c]1cccc(-c2cnccc2Oc2ccc(Oc3ccccc3)cc2)c1. The third kappa shape index (κ3) is 3.73. The molecule has 1 radical (unpaired) electrons. The van der Waals surface area contributed by atoms with E-state index in [1.54, 1.807) is 12.4 Å². The molecule has 0 N–H and O–H groups in total. The summed E-state index contributed by atoms with van der Waals surface area (Å²) in [5.41, 5.74) is 1.94. The second kappa shape index (κ2) is 7.53. The third-order valence-corrected chi connectivity index (χ3v) is 3.83. The maximum Gasteiger partial charge on any atom is 0.138 e. The molecule has 0 atom stereocenters. The van der Waals surface area contributed by atoms with Gasteiger partial charge in [0.1, 0.15) is 23.0 Å². The normalized spacial score (nSPS) is 10.3. The molecule has 4 rings (SSSR count). The second-order valence-corrected chi connectivity index (χ2v) is 5.65. The largest absolute Gasteiger partial charge is 0.457 e. The molecule has 125 valence electrons. The van der Waals surface area contributed by atoms with Crippen LogP contribution < -0.4 is 9.47 Å². The Hall–Kier alpha value is -3.59. The molecular weight excluding hydrogens is 322 g/mol. The van der Waals surface area contributed by atoms with Crippen molar-refractivity contribution in [1.29, 1.82) is 0 Å². The van der Waals surface area contributed by atoms with Crippen molar-refractivity contribution < 1.29 is 9.47 Å². The Bertz CT molecular complexity index is 968. The molecular formula is C23H16NO2. The molecule has 26 heavy (non-hydrogen) atoms. The van der Waals surface area contributed by atoms with Gasteiger partial charge in [-0.15, -0.1) is 0 Å². The van der Waals surface area contributed by atoms with E-state index in [-0.39, 0.29) is 0 Å². The molecule has 3 heteroatoms. The lowest BCUT2D eigenvalue weighted by molar-refractivity contribution is 0.470. The number of nitrogens with zero attached hydrogens (tertiary/aromatic N) is 1. The average Bonchev–Trinajstić information content (AvgIpc) is 2.71. The zero-order valence-electron chi connectivity index (χ0n) is 14.0. The Labute approximate surface area is 152 Å². The van der Waals surface area contributed by atoms with E-state index in [1.807, 2.05) is 84.9 Å². The molecule has 0 aliphatic carbocycles. The zero-order valence-corrected chi connectivity index (χ0v) is 14.0. The molecule has 4 aromatic rings. The Balaban J connectivity index is 1.53. The van der Waals surface area contributed by atoms with Crippen LogP contribution >= 0.6 is 0 Å². The van der Waals surface area contributed by atoms with E-state index in [4.69, 9.17) is 9.47 Å². The summed E-state index contributed by atoms with van der Waals surface area (Å²) in [5, 5.41) is 0. The topological polar surface area (TPSA) is 31.4 Å². The van der Waals surface area contributed by atoms with Gasteiger partial charge in [-0.2, -0.15) is 0 Å². The predicted octanol–water partition coefficient (Wildman–Crippen LogP) is 6.13. The van der Waals surface area contributed by atoms with Gasteiger partial charge in [0.25, 0.3) is 0 Å². The van der Waals surface area contributed by atoms with Crippen molar-refractivity contribution in [3.8, 4) is 34.1 Å². The summed E-state index contributed by atoms with van der Waals surface area (Å²) in [6, 6.07) is 29.9. The number of benzene rings is 3. The van der Waals surface area contributed by atoms with Gasteiger partial charge in [0.15, 0.2) is 0 Å². The minimum Gasteiger partial charge on any atom is -0.457 e. The zero-order chi connectivity index (χ0) is 17.6. The standard InChI is InChI=1S/C23H16NO2/c1-3-7-18(8-4-1)22-17-24-16-15-23(22)26-21-13-11-20(12-14-21)25-19-9-5-2-6-10-19/h1-3,5-17H. The van der Waals surface area contributed by atoms with Crippen LogP contribution in [0.5, 0.6) is 23.0 Å². The molecule has 0 spiro atoms. The van der Waals surface area contributed by atoms with Crippen molar-refractivity contribution in [3.63, 3.8) is 0 Å². The summed E-state index contributed by atoms with van der Waals surface area (Å²) in [7, 11) is 0. The highest BCUT2D eigenvalue weighted by atomic mass is 16.5. The van der Waals surface area contributed by atoms with Gasteiger partial charge < -0.3 is 9.47 Å². The lowest BCUT2D eigenvalue weighted by atomic mass is 10.1. The van der Waals surface area contributed by atoms with Gasteiger partial charge in [0.2, 0.25) is 0 Å². The van der Waals surface area contributed by atoms with E-state index >= 15 is 0 Å². The first-order chi connectivity index (χ1) is 12.9. The highest BCUT2D eigenvalue weighted by Gasteiger charge is 2.07. The van der Waals surface area contributed by atoms with Crippen LogP contribution in [0.1, 0.15) is 0 Å². The van der Waals surface area contributed by atoms with Crippen LogP contribution in [0.3, 0.4) is 0 Å². The Morgan fingerprint density at radius 2 is 1.42 bits per heavy atom. The quantitative estimate of drug-likeness (QED) is 0.438. The number of hydrogen-bond donors (Lipinski definition) is 0. The number of ether oxygens (including phenoxy) is 2. The lowest BCUT2D eigenvalue weighted by Gasteiger charge is -2.11.